The Bertz CT molecular complexity index is 1190. The number of hydrogen-bond donors (Lipinski definition) is 1. The van der Waals surface area contributed by atoms with Crippen molar-refractivity contribution in [3.05, 3.63) is 59.2 Å². The van der Waals surface area contributed by atoms with Gasteiger partial charge < -0.3 is 14.1 Å². The predicted molar refractivity (Wildman–Crippen MR) is 200 cm³/mol. The maximum absolute atomic E-state index is 11.3. The van der Waals surface area contributed by atoms with Gasteiger partial charge in [-0.15, -0.1) is 0 Å². The first kappa shape index (κ1) is 43.1. The standard InChI is InChI=1S/C27H50N.C14H22O4S/c1-4-5-6-7-8-9-10-11-12-13-14-15-16-17-18-22-25-28(2,3)26-27-23-20-19-21-24-27;1-13(2,3)10-7-9(19(16,17)18)8-11(12(10)15)14(4,5)6/h19-21,23-24H,4-18,22,25-26H2,1-3H3;7-8,15H,1-6H3,(H,16,17,18)/q+1;/p-1. The second-order valence-electron chi connectivity index (χ2n) is 16.4. The van der Waals surface area contributed by atoms with Gasteiger partial charge in [0.2, 0.25) is 0 Å². The maximum Gasteiger partial charge on any atom is 0.124 e. The van der Waals surface area contributed by atoms with Gasteiger partial charge in [0.25, 0.3) is 0 Å². The molecule has 1 N–H and O–H groups in total. The van der Waals surface area contributed by atoms with Crippen molar-refractivity contribution in [2.75, 3.05) is 20.6 Å². The van der Waals surface area contributed by atoms with Gasteiger partial charge in [-0.25, -0.2) is 8.42 Å². The third-order valence-corrected chi connectivity index (χ3v) is 9.87. The van der Waals surface area contributed by atoms with Crippen LogP contribution < -0.4 is 0 Å². The number of aromatic hydroxyl groups is 1. The van der Waals surface area contributed by atoms with E-state index in [2.05, 4.69) is 51.4 Å². The molecule has 0 saturated carbocycles. The third-order valence-electron chi connectivity index (χ3n) is 9.06. The van der Waals surface area contributed by atoms with Crippen LogP contribution in [0, 0.1) is 0 Å². The Labute approximate surface area is 290 Å². The van der Waals surface area contributed by atoms with Crippen molar-refractivity contribution in [1.82, 2.24) is 0 Å². The van der Waals surface area contributed by atoms with Crippen molar-refractivity contribution in [2.24, 2.45) is 0 Å². The Morgan fingerprint density at radius 1 is 0.638 bits per heavy atom. The van der Waals surface area contributed by atoms with Crippen LogP contribution in [0.1, 0.15) is 168 Å². The van der Waals surface area contributed by atoms with Crippen LogP contribution in [0.15, 0.2) is 47.4 Å². The minimum absolute atomic E-state index is 0.0624. The first-order valence-corrected chi connectivity index (χ1v) is 20.0. The number of hydrogen-bond acceptors (Lipinski definition) is 4. The van der Waals surface area contributed by atoms with Crippen LogP contribution in [0.25, 0.3) is 0 Å². The van der Waals surface area contributed by atoms with E-state index in [1.54, 1.807) is 0 Å². The monoisotopic (exact) mass is 674 g/mol. The molecular weight excluding hydrogens is 603 g/mol. The van der Waals surface area contributed by atoms with E-state index in [1.165, 1.54) is 127 Å². The van der Waals surface area contributed by atoms with Crippen molar-refractivity contribution >= 4 is 10.1 Å². The molecule has 0 aromatic heterocycles. The first-order valence-electron chi connectivity index (χ1n) is 18.6. The van der Waals surface area contributed by atoms with Crippen molar-refractivity contribution < 1.29 is 22.6 Å². The zero-order valence-corrected chi connectivity index (χ0v) is 32.6. The van der Waals surface area contributed by atoms with Crippen LogP contribution in [-0.4, -0.2) is 43.2 Å². The van der Waals surface area contributed by atoms with Crippen LogP contribution in [0.3, 0.4) is 0 Å². The number of unbranched alkanes of at least 4 members (excludes halogenated alkanes) is 15. The summed E-state index contributed by atoms with van der Waals surface area (Å²) in [5.74, 6) is 0.0624. The van der Waals surface area contributed by atoms with Crippen molar-refractivity contribution in [3.63, 3.8) is 0 Å². The molecule has 270 valence electrons. The van der Waals surface area contributed by atoms with Gasteiger partial charge >= 0.3 is 0 Å². The molecule has 2 aromatic carbocycles. The summed E-state index contributed by atoms with van der Waals surface area (Å²) in [5, 5.41) is 10.4. The second kappa shape index (κ2) is 21.3. The lowest BCUT2D eigenvalue weighted by atomic mass is 9.79. The van der Waals surface area contributed by atoms with Gasteiger partial charge in [-0.05, 0) is 35.8 Å². The molecule has 2 aromatic rings. The van der Waals surface area contributed by atoms with Gasteiger partial charge in [-0.2, -0.15) is 0 Å². The highest BCUT2D eigenvalue weighted by molar-refractivity contribution is 7.85. The number of quaternary nitrogens is 1. The van der Waals surface area contributed by atoms with Gasteiger partial charge in [-0.1, -0.05) is 169 Å². The predicted octanol–water partition coefficient (Wildman–Crippen LogP) is 11.4. The molecule has 0 spiro atoms. The highest BCUT2D eigenvalue weighted by Gasteiger charge is 2.27. The number of phenolic OH excluding ortho intramolecular Hbond substituents is 1. The van der Waals surface area contributed by atoms with Gasteiger partial charge in [-0.3, -0.25) is 0 Å². The molecule has 0 heterocycles. The van der Waals surface area contributed by atoms with E-state index in [9.17, 15) is 18.1 Å². The molecule has 6 heteroatoms. The number of phenols is 1. The van der Waals surface area contributed by atoms with Crippen molar-refractivity contribution in [3.8, 4) is 5.75 Å². The van der Waals surface area contributed by atoms with Gasteiger partial charge in [0.1, 0.15) is 22.4 Å². The summed E-state index contributed by atoms with van der Waals surface area (Å²) < 4.78 is 34.9. The van der Waals surface area contributed by atoms with Gasteiger partial charge in [0, 0.05) is 16.7 Å². The summed E-state index contributed by atoms with van der Waals surface area (Å²) in [7, 11) is 0.200. The van der Waals surface area contributed by atoms with E-state index in [-0.39, 0.29) is 10.6 Å². The Morgan fingerprint density at radius 2 is 1.00 bits per heavy atom. The quantitative estimate of drug-likeness (QED) is 0.0862. The van der Waals surface area contributed by atoms with E-state index in [1.807, 2.05) is 41.5 Å². The van der Waals surface area contributed by atoms with Gasteiger partial charge in [0.05, 0.1) is 25.5 Å². The molecule has 2 rings (SSSR count). The Kier molecular flexibility index (Phi) is 19.5. The van der Waals surface area contributed by atoms with Crippen LogP contribution in [0.4, 0.5) is 0 Å². The number of nitrogens with zero attached hydrogens (tertiary/aromatic N) is 1. The molecule has 5 nitrogen and oxygen atoms in total. The van der Waals surface area contributed by atoms with Crippen LogP contribution in [0.2, 0.25) is 0 Å². The Balaban J connectivity index is 0.000000506. The third kappa shape index (κ3) is 19.0. The largest absolute Gasteiger partial charge is 0.744 e. The topological polar surface area (TPSA) is 77.4 Å². The minimum atomic E-state index is -4.55. The van der Waals surface area contributed by atoms with E-state index in [0.29, 0.717) is 11.1 Å². The summed E-state index contributed by atoms with van der Waals surface area (Å²) in [4.78, 5) is -0.292. The van der Waals surface area contributed by atoms with Crippen molar-refractivity contribution in [2.45, 2.75) is 173 Å². The summed E-state index contributed by atoms with van der Waals surface area (Å²) in [5.41, 5.74) is 1.49. The summed E-state index contributed by atoms with van der Waals surface area (Å²) in [6.07, 6.45) is 23.2. The van der Waals surface area contributed by atoms with E-state index >= 15 is 0 Å². The lowest BCUT2D eigenvalue weighted by Crippen LogP contribution is -2.39. The minimum Gasteiger partial charge on any atom is -0.744 e. The molecule has 0 unspecified atom stereocenters. The smallest absolute Gasteiger partial charge is 0.124 e. The van der Waals surface area contributed by atoms with Gasteiger partial charge in [0.15, 0.2) is 0 Å². The first-order chi connectivity index (χ1) is 21.9. The molecule has 0 atom stereocenters. The molecule has 0 bridgehead atoms. The fourth-order valence-corrected chi connectivity index (χ4v) is 6.66. The molecule has 0 fully saturated rings. The lowest BCUT2D eigenvalue weighted by Gasteiger charge is -2.30. The Morgan fingerprint density at radius 3 is 1.34 bits per heavy atom. The average Bonchev–Trinajstić information content (AvgIpc) is 2.96. The molecule has 0 aliphatic heterocycles. The van der Waals surface area contributed by atoms with E-state index in [4.69, 9.17) is 0 Å². The molecule has 0 radical (unpaired) electrons. The van der Waals surface area contributed by atoms with E-state index in [0.717, 1.165) is 11.0 Å². The van der Waals surface area contributed by atoms with E-state index < -0.39 is 20.9 Å². The van der Waals surface area contributed by atoms with Crippen molar-refractivity contribution in [1.29, 1.82) is 0 Å². The number of rotatable bonds is 20. The zero-order chi connectivity index (χ0) is 35.6. The normalized spacial score (nSPS) is 12.6. The Hall–Kier alpha value is -1.89. The van der Waals surface area contributed by atoms with Crippen LogP contribution in [-0.2, 0) is 27.5 Å². The molecule has 0 aliphatic rings. The second-order valence-corrected chi connectivity index (χ2v) is 17.8. The highest BCUT2D eigenvalue weighted by atomic mass is 32.2. The molecule has 0 saturated heterocycles. The van der Waals surface area contributed by atoms with Crippen LogP contribution in [0.5, 0.6) is 5.75 Å². The molecular formula is C41H71NO4S. The highest BCUT2D eigenvalue weighted by Crippen LogP contribution is 2.40. The molecule has 47 heavy (non-hydrogen) atoms. The number of benzene rings is 2. The van der Waals surface area contributed by atoms with Crippen LogP contribution >= 0.6 is 0 Å². The average molecular weight is 674 g/mol. The summed E-state index contributed by atoms with van der Waals surface area (Å²) in [6, 6.07) is 13.5. The fourth-order valence-electron chi connectivity index (χ4n) is 6.14. The summed E-state index contributed by atoms with van der Waals surface area (Å²) >= 11 is 0. The zero-order valence-electron chi connectivity index (χ0n) is 31.8. The fraction of sp³-hybridized carbons (Fsp3) is 0.707. The summed E-state index contributed by atoms with van der Waals surface area (Å²) in [6.45, 7) is 15.9. The lowest BCUT2D eigenvalue weighted by molar-refractivity contribution is -0.903. The maximum atomic E-state index is 11.3. The molecule has 0 amide bonds. The SMILES string of the molecule is CC(C)(C)c1cc(S(=O)(=O)[O-])cc(C(C)(C)C)c1O.CCCCCCCCCCCCCCCCCC[N+](C)(C)Cc1ccccc1. The molecule has 0 aliphatic carbocycles.